The van der Waals surface area contributed by atoms with E-state index < -0.39 is 0 Å². The van der Waals surface area contributed by atoms with Crippen molar-refractivity contribution in [1.82, 2.24) is 5.43 Å². The molecule has 1 atom stereocenters. The van der Waals surface area contributed by atoms with Crippen molar-refractivity contribution in [3.63, 3.8) is 0 Å². The first kappa shape index (κ1) is 13.5. The van der Waals surface area contributed by atoms with Crippen LogP contribution in [0, 0.1) is 0 Å². The van der Waals surface area contributed by atoms with Crippen LogP contribution in [0.15, 0.2) is 30.3 Å². The summed E-state index contributed by atoms with van der Waals surface area (Å²) in [5.74, 6) is 6.22. The second-order valence-corrected chi connectivity index (χ2v) is 4.45. The van der Waals surface area contributed by atoms with Crippen molar-refractivity contribution in [2.75, 3.05) is 5.88 Å². The van der Waals surface area contributed by atoms with Crippen LogP contribution in [0.5, 0.6) is 0 Å². The van der Waals surface area contributed by atoms with Gasteiger partial charge < -0.3 is 0 Å². The molecule has 0 amide bonds. The number of benzene rings is 1. The number of alkyl halides is 1. The molecule has 0 aliphatic rings. The van der Waals surface area contributed by atoms with E-state index in [1.807, 2.05) is 6.07 Å². The zero-order chi connectivity index (χ0) is 11.6. The molecule has 0 bridgehead atoms. The molecule has 1 aromatic carbocycles. The van der Waals surface area contributed by atoms with Crippen molar-refractivity contribution < 1.29 is 0 Å². The first-order valence-corrected chi connectivity index (χ1v) is 6.46. The van der Waals surface area contributed by atoms with Gasteiger partial charge in [-0.3, -0.25) is 11.3 Å². The lowest BCUT2D eigenvalue weighted by Crippen LogP contribution is -2.35. The molecule has 0 heterocycles. The van der Waals surface area contributed by atoms with Crippen LogP contribution >= 0.6 is 11.6 Å². The molecule has 0 aliphatic carbocycles. The molecule has 3 N–H and O–H groups in total. The van der Waals surface area contributed by atoms with Crippen molar-refractivity contribution in [2.45, 2.75) is 38.1 Å². The smallest absolute Gasteiger partial charge is 0.0224 e. The van der Waals surface area contributed by atoms with Crippen LogP contribution in [0.1, 0.15) is 31.2 Å². The van der Waals surface area contributed by atoms with Crippen molar-refractivity contribution in [3.8, 4) is 0 Å². The van der Waals surface area contributed by atoms with Gasteiger partial charge in [-0.2, -0.15) is 0 Å². The van der Waals surface area contributed by atoms with E-state index in [1.54, 1.807) is 0 Å². The summed E-state index contributed by atoms with van der Waals surface area (Å²) in [7, 11) is 0. The molecule has 1 aromatic rings. The Balaban J connectivity index is 2.18. The zero-order valence-corrected chi connectivity index (χ0v) is 10.4. The summed E-state index contributed by atoms with van der Waals surface area (Å²) in [4.78, 5) is 0. The fourth-order valence-electron chi connectivity index (χ4n) is 1.83. The number of hydrogen-bond donors (Lipinski definition) is 2. The average molecular weight is 241 g/mol. The minimum atomic E-state index is 0.405. The molecule has 0 saturated heterocycles. The molecule has 3 heteroatoms. The normalized spacial score (nSPS) is 12.6. The maximum absolute atomic E-state index is 5.66. The van der Waals surface area contributed by atoms with E-state index in [9.17, 15) is 0 Å². The molecule has 0 aliphatic heterocycles. The second kappa shape index (κ2) is 8.57. The summed E-state index contributed by atoms with van der Waals surface area (Å²) >= 11 is 5.66. The number of nitrogens with two attached hydrogens (primary N) is 1. The molecule has 0 fully saturated rings. The topological polar surface area (TPSA) is 38.0 Å². The molecule has 0 saturated carbocycles. The molecule has 0 spiro atoms. The maximum Gasteiger partial charge on any atom is 0.0224 e. The van der Waals surface area contributed by atoms with Gasteiger partial charge in [0.2, 0.25) is 0 Å². The van der Waals surface area contributed by atoms with E-state index in [0.717, 1.165) is 31.6 Å². The predicted molar refractivity (Wildman–Crippen MR) is 70.4 cm³/mol. The summed E-state index contributed by atoms with van der Waals surface area (Å²) in [6.07, 6.45) is 5.50. The van der Waals surface area contributed by atoms with E-state index in [4.69, 9.17) is 17.4 Å². The van der Waals surface area contributed by atoms with Crippen molar-refractivity contribution in [2.24, 2.45) is 5.84 Å². The molecule has 2 nitrogen and oxygen atoms in total. The molecule has 90 valence electrons. The van der Waals surface area contributed by atoms with Gasteiger partial charge in [0.1, 0.15) is 0 Å². The lowest BCUT2D eigenvalue weighted by molar-refractivity contribution is 0.448. The minimum absolute atomic E-state index is 0.405. The van der Waals surface area contributed by atoms with Gasteiger partial charge in [-0.15, -0.1) is 11.6 Å². The van der Waals surface area contributed by atoms with Gasteiger partial charge in [-0.1, -0.05) is 30.3 Å². The third-order valence-electron chi connectivity index (χ3n) is 2.78. The van der Waals surface area contributed by atoms with E-state index >= 15 is 0 Å². The second-order valence-electron chi connectivity index (χ2n) is 4.07. The third-order valence-corrected chi connectivity index (χ3v) is 3.05. The Morgan fingerprint density at radius 3 is 2.44 bits per heavy atom. The highest BCUT2D eigenvalue weighted by Gasteiger charge is 2.05. The molecular weight excluding hydrogens is 220 g/mol. The fourth-order valence-corrected chi connectivity index (χ4v) is 1.99. The van der Waals surface area contributed by atoms with Crippen molar-refractivity contribution in [1.29, 1.82) is 0 Å². The summed E-state index contributed by atoms with van der Waals surface area (Å²) in [5.41, 5.74) is 4.26. The number of hydrogen-bond acceptors (Lipinski definition) is 2. The predicted octanol–water partition coefficient (Wildman–Crippen LogP) is 2.86. The Morgan fingerprint density at radius 1 is 1.12 bits per heavy atom. The van der Waals surface area contributed by atoms with Gasteiger partial charge in [-0.25, -0.2) is 0 Å². The van der Waals surface area contributed by atoms with Gasteiger partial charge in [0.15, 0.2) is 0 Å². The van der Waals surface area contributed by atoms with Crippen LogP contribution in [-0.2, 0) is 6.42 Å². The van der Waals surface area contributed by atoms with Crippen molar-refractivity contribution >= 4 is 11.6 Å². The van der Waals surface area contributed by atoms with E-state index in [0.29, 0.717) is 6.04 Å². The minimum Gasteiger partial charge on any atom is -0.271 e. The Morgan fingerprint density at radius 2 is 1.81 bits per heavy atom. The Hall–Kier alpha value is -0.570. The quantitative estimate of drug-likeness (QED) is 0.417. The number of hydrazine groups is 1. The van der Waals surface area contributed by atoms with Crippen LogP contribution in [0.2, 0.25) is 0 Å². The highest BCUT2D eigenvalue weighted by molar-refractivity contribution is 6.17. The Kier molecular flexibility index (Phi) is 7.23. The van der Waals surface area contributed by atoms with Crippen LogP contribution in [0.25, 0.3) is 0 Å². The van der Waals surface area contributed by atoms with Gasteiger partial charge in [0.25, 0.3) is 0 Å². The molecular formula is C13H21ClN2. The van der Waals surface area contributed by atoms with Crippen LogP contribution in [0.3, 0.4) is 0 Å². The van der Waals surface area contributed by atoms with E-state index in [1.165, 1.54) is 12.0 Å². The lowest BCUT2D eigenvalue weighted by atomic mass is 10.0. The highest BCUT2D eigenvalue weighted by Crippen LogP contribution is 2.09. The summed E-state index contributed by atoms with van der Waals surface area (Å²) in [6.45, 7) is 0. The standard InChI is InChI=1S/C13H21ClN2/c14-11-5-10-13(16-15)9-4-8-12-6-2-1-3-7-12/h1-3,6-7,13,16H,4-5,8-11,15H2. The largest absolute Gasteiger partial charge is 0.271 e. The number of aryl methyl sites for hydroxylation is 1. The molecule has 1 unspecified atom stereocenters. The first-order valence-electron chi connectivity index (χ1n) is 5.93. The summed E-state index contributed by atoms with van der Waals surface area (Å²) in [6, 6.07) is 11.0. The van der Waals surface area contributed by atoms with Gasteiger partial charge in [0, 0.05) is 11.9 Å². The summed E-state index contributed by atoms with van der Waals surface area (Å²) < 4.78 is 0. The fraction of sp³-hybridized carbons (Fsp3) is 0.538. The SMILES string of the molecule is NNC(CCCCl)CCCc1ccccc1. The van der Waals surface area contributed by atoms with E-state index in [2.05, 4.69) is 29.7 Å². The lowest BCUT2D eigenvalue weighted by Gasteiger charge is -2.14. The number of halogens is 1. The average Bonchev–Trinajstić information content (AvgIpc) is 2.35. The van der Waals surface area contributed by atoms with E-state index in [-0.39, 0.29) is 0 Å². The van der Waals surface area contributed by atoms with Gasteiger partial charge in [-0.05, 0) is 37.7 Å². The molecule has 1 rings (SSSR count). The Bertz CT molecular complexity index is 264. The van der Waals surface area contributed by atoms with Gasteiger partial charge >= 0.3 is 0 Å². The van der Waals surface area contributed by atoms with Crippen LogP contribution < -0.4 is 11.3 Å². The summed E-state index contributed by atoms with van der Waals surface area (Å²) in [5, 5.41) is 0. The molecule has 0 radical (unpaired) electrons. The number of rotatable bonds is 8. The van der Waals surface area contributed by atoms with Crippen LogP contribution in [0.4, 0.5) is 0 Å². The van der Waals surface area contributed by atoms with Crippen LogP contribution in [-0.4, -0.2) is 11.9 Å². The van der Waals surface area contributed by atoms with Gasteiger partial charge in [0.05, 0.1) is 0 Å². The Labute approximate surface area is 103 Å². The zero-order valence-electron chi connectivity index (χ0n) is 9.66. The van der Waals surface area contributed by atoms with Crippen molar-refractivity contribution in [3.05, 3.63) is 35.9 Å². The third kappa shape index (κ3) is 5.50. The molecule has 16 heavy (non-hydrogen) atoms. The highest BCUT2D eigenvalue weighted by atomic mass is 35.5. The first-order chi connectivity index (χ1) is 7.86. The number of nitrogens with one attached hydrogen (secondary N) is 1. The maximum atomic E-state index is 5.66. The monoisotopic (exact) mass is 240 g/mol. The molecule has 0 aromatic heterocycles.